The van der Waals surface area contributed by atoms with Crippen LogP contribution in [0.5, 0.6) is 5.75 Å². The van der Waals surface area contributed by atoms with E-state index in [1.54, 1.807) is 43.3 Å². The second-order valence-electron chi connectivity index (χ2n) is 5.85. The number of rotatable bonds is 2. The molecule has 0 spiro atoms. The first kappa shape index (κ1) is 16.4. The molecule has 2 N–H and O–H groups in total. The molecule has 0 bridgehead atoms. The van der Waals surface area contributed by atoms with Gasteiger partial charge in [-0.3, -0.25) is 4.79 Å². The third kappa shape index (κ3) is 2.46. The first-order valence-corrected chi connectivity index (χ1v) is 8.20. The molecule has 0 saturated heterocycles. The van der Waals surface area contributed by atoms with E-state index in [0.29, 0.717) is 27.6 Å². The molecule has 0 unspecified atom stereocenters. The quantitative estimate of drug-likeness (QED) is 0.556. The standard InChI is InChI=1S/C19H13ClFN3O2/c1-10-15-17(25)18(26)16(13-4-2-3-5-14(13)20)22-19(15)24(23-10)12-8-6-11(21)7-9-12/h2-9,26H,1H3,(H,22,25). The summed E-state index contributed by atoms with van der Waals surface area (Å²) in [5.41, 5.74) is 1.58. The van der Waals surface area contributed by atoms with Crippen LogP contribution in [0.3, 0.4) is 0 Å². The molecular formula is C19H13ClFN3O2. The van der Waals surface area contributed by atoms with Gasteiger partial charge in [0.2, 0.25) is 5.43 Å². The molecule has 4 aromatic rings. The van der Waals surface area contributed by atoms with Crippen LogP contribution < -0.4 is 5.43 Å². The number of H-pyrrole nitrogens is 1. The summed E-state index contributed by atoms with van der Waals surface area (Å²) in [6, 6.07) is 12.6. The van der Waals surface area contributed by atoms with E-state index in [-0.39, 0.29) is 16.9 Å². The molecule has 0 aliphatic heterocycles. The summed E-state index contributed by atoms with van der Waals surface area (Å²) in [7, 11) is 0. The lowest BCUT2D eigenvalue weighted by atomic mass is 10.1. The predicted molar refractivity (Wildman–Crippen MR) is 98.5 cm³/mol. The van der Waals surface area contributed by atoms with Crippen LogP contribution in [0.15, 0.2) is 53.3 Å². The predicted octanol–water partition coefficient (Wildman–Crippen LogP) is 4.19. The van der Waals surface area contributed by atoms with Gasteiger partial charge in [0.15, 0.2) is 5.75 Å². The number of aromatic nitrogens is 3. The number of hydrogen-bond acceptors (Lipinski definition) is 3. The SMILES string of the molecule is Cc1nn(-c2ccc(F)cc2)c2[nH]c(-c3ccccc3Cl)c(O)c(=O)c12. The number of benzene rings is 2. The van der Waals surface area contributed by atoms with Crippen molar-refractivity contribution in [1.29, 1.82) is 0 Å². The highest BCUT2D eigenvalue weighted by Crippen LogP contribution is 2.33. The summed E-state index contributed by atoms with van der Waals surface area (Å²) in [6.07, 6.45) is 0. The third-order valence-corrected chi connectivity index (χ3v) is 4.53. The fourth-order valence-electron chi connectivity index (χ4n) is 2.95. The van der Waals surface area contributed by atoms with Crippen molar-refractivity contribution >= 4 is 22.6 Å². The van der Waals surface area contributed by atoms with Gasteiger partial charge in [-0.15, -0.1) is 0 Å². The van der Waals surface area contributed by atoms with E-state index in [1.807, 2.05) is 0 Å². The lowest BCUT2D eigenvalue weighted by Gasteiger charge is -2.09. The second kappa shape index (κ2) is 6.00. The fourth-order valence-corrected chi connectivity index (χ4v) is 3.18. The minimum atomic E-state index is -0.542. The summed E-state index contributed by atoms with van der Waals surface area (Å²) >= 11 is 6.22. The van der Waals surface area contributed by atoms with Crippen molar-refractivity contribution in [3.8, 4) is 22.7 Å². The number of fused-ring (bicyclic) bond motifs is 1. The van der Waals surface area contributed by atoms with Crippen molar-refractivity contribution in [2.75, 3.05) is 0 Å². The van der Waals surface area contributed by atoms with Crippen LogP contribution >= 0.6 is 11.6 Å². The van der Waals surface area contributed by atoms with Crippen LogP contribution in [0.4, 0.5) is 4.39 Å². The molecule has 0 fully saturated rings. The summed E-state index contributed by atoms with van der Waals surface area (Å²) in [5, 5.41) is 15.5. The Morgan fingerprint density at radius 1 is 1.15 bits per heavy atom. The molecule has 0 atom stereocenters. The normalized spacial score (nSPS) is 11.2. The Balaban J connectivity index is 2.07. The van der Waals surface area contributed by atoms with Gasteiger partial charge in [-0.05, 0) is 37.3 Å². The van der Waals surface area contributed by atoms with Crippen molar-refractivity contribution in [1.82, 2.24) is 14.8 Å². The molecule has 26 heavy (non-hydrogen) atoms. The van der Waals surface area contributed by atoms with Crippen LogP contribution in [0.2, 0.25) is 5.02 Å². The minimum Gasteiger partial charge on any atom is -0.503 e. The van der Waals surface area contributed by atoms with Gasteiger partial charge in [0.1, 0.15) is 11.5 Å². The van der Waals surface area contributed by atoms with Gasteiger partial charge >= 0.3 is 0 Å². The Kier molecular flexibility index (Phi) is 3.77. The Morgan fingerprint density at radius 2 is 1.85 bits per heavy atom. The lowest BCUT2D eigenvalue weighted by molar-refractivity contribution is 0.471. The van der Waals surface area contributed by atoms with Crippen molar-refractivity contribution in [3.63, 3.8) is 0 Å². The Labute approximate surface area is 152 Å². The van der Waals surface area contributed by atoms with Gasteiger partial charge in [0.25, 0.3) is 0 Å². The Bertz CT molecular complexity index is 1200. The van der Waals surface area contributed by atoms with Crippen molar-refractivity contribution in [2.24, 2.45) is 0 Å². The summed E-state index contributed by atoms with van der Waals surface area (Å²) in [4.78, 5) is 15.8. The number of aromatic amines is 1. The summed E-state index contributed by atoms with van der Waals surface area (Å²) in [6.45, 7) is 1.67. The molecule has 2 heterocycles. The van der Waals surface area contributed by atoms with Crippen LogP contribution in [0.25, 0.3) is 28.0 Å². The molecule has 0 radical (unpaired) electrons. The molecular weight excluding hydrogens is 357 g/mol. The second-order valence-corrected chi connectivity index (χ2v) is 6.26. The Hall–Kier alpha value is -3.12. The monoisotopic (exact) mass is 369 g/mol. The van der Waals surface area contributed by atoms with E-state index in [4.69, 9.17) is 11.6 Å². The smallest absolute Gasteiger partial charge is 0.235 e. The highest BCUT2D eigenvalue weighted by molar-refractivity contribution is 6.33. The van der Waals surface area contributed by atoms with Gasteiger partial charge in [-0.25, -0.2) is 9.07 Å². The molecule has 7 heteroatoms. The topological polar surface area (TPSA) is 70.9 Å². The first-order valence-electron chi connectivity index (χ1n) is 7.83. The number of nitrogens with zero attached hydrogens (tertiary/aromatic N) is 2. The van der Waals surface area contributed by atoms with Crippen molar-refractivity contribution in [3.05, 3.63) is 75.3 Å². The van der Waals surface area contributed by atoms with E-state index >= 15 is 0 Å². The highest BCUT2D eigenvalue weighted by Gasteiger charge is 2.20. The largest absolute Gasteiger partial charge is 0.503 e. The summed E-state index contributed by atoms with van der Waals surface area (Å²) < 4.78 is 14.7. The van der Waals surface area contributed by atoms with E-state index < -0.39 is 11.2 Å². The van der Waals surface area contributed by atoms with E-state index in [0.717, 1.165) is 0 Å². The number of nitrogens with one attached hydrogen (secondary N) is 1. The molecule has 4 rings (SSSR count). The molecule has 2 aromatic heterocycles. The van der Waals surface area contributed by atoms with Gasteiger partial charge < -0.3 is 10.1 Å². The zero-order chi connectivity index (χ0) is 18.4. The van der Waals surface area contributed by atoms with E-state index in [2.05, 4.69) is 10.1 Å². The van der Waals surface area contributed by atoms with E-state index in [9.17, 15) is 14.3 Å². The molecule has 2 aromatic carbocycles. The minimum absolute atomic E-state index is 0.205. The maximum absolute atomic E-state index is 13.2. The first-order chi connectivity index (χ1) is 12.5. The molecule has 0 saturated carbocycles. The molecule has 5 nitrogen and oxygen atoms in total. The summed E-state index contributed by atoms with van der Waals surface area (Å²) in [5.74, 6) is -0.794. The van der Waals surface area contributed by atoms with E-state index in [1.165, 1.54) is 16.8 Å². The molecule has 0 aliphatic rings. The molecule has 130 valence electrons. The highest BCUT2D eigenvalue weighted by atomic mass is 35.5. The zero-order valence-corrected chi connectivity index (χ0v) is 14.4. The van der Waals surface area contributed by atoms with Crippen LogP contribution in [-0.2, 0) is 0 Å². The van der Waals surface area contributed by atoms with Gasteiger partial charge in [0.05, 0.1) is 27.5 Å². The maximum Gasteiger partial charge on any atom is 0.235 e. The lowest BCUT2D eigenvalue weighted by Crippen LogP contribution is -2.06. The zero-order valence-electron chi connectivity index (χ0n) is 13.6. The maximum atomic E-state index is 13.2. The van der Waals surface area contributed by atoms with Gasteiger partial charge in [-0.2, -0.15) is 5.10 Å². The van der Waals surface area contributed by atoms with Crippen LogP contribution in [0, 0.1) is 12.7 Å². The fraction of sp³-hybridized carbons (Fsp3) is 0.0526. The number of pyridine rings is 1. The number of hydrogen-bond donors (Lipinski definition) is 2. The average Bonchev–Trinajstić information content (AvgIpc) is 2.96. The van der Waals surface area contributed by atoms with Crippen molar-refractivity contribution in [2.45, 2.75) is 6.92 Å². The van der Waals surface area contributed by atoms with Gasteiger partial charge in [-0.1, -0.05) is 29.8 Å². The number of aromatic hydroxyl groups is 1. The third-order valence-electron chi connectivity index (χ3n) is 4.20. The molecule has 0 amide bonds. The van der Waals surface area contributed by atoms with Crippen LogP contribution in [-0.4, -0.2) is 19.9 Å². The Morgan fingerprint density at radius 3 is 2.54 bits per heavy atom. The molecule has 0 aliphatic carbocycles. The van der Waals surface area contributed by atoms with Crippen LogP contribution in [0.1, 0.15) is 5.69 Å². The average molecular weight is 370 g/mol. The number of aryl methyl sites for hydroxylation is 1. The van der Waals surface area contributed by atoms with Gasteiger partial charge in [0, 0.05) is 5.56 Å². The number of halogens is 2. The van der Waals surface area contributed by atoms with Crippen molar-refractivity contribution < 1.29 is 9.50 Å².